The molecule has 3 N–H and O–H groups in total. The highest BCUT2D eigenvalue weighted by atomic mass is 19.1. The first kappa shape index (κ1) is 13.5. The molecule has 0 aromatic heterocycles. The highest BCUT2D eigenvalue weighted by molar-refractivity contribution is 5.27. The number of rotatable bonds is 6. The van der Waals surface area contributed by atoms with Gasteiger partial charge in [-0.25, -0.2) is 4.39 Å². The van der Waals surface area contributed by atoms with E-state index in [0.717, 1.165) is 5.56 Å². The Hall–Kier alpha value is -0.970. The van der Waals surface area contributed by atoms with Crippen molar-refractivity contribution in [2.75, 3.05) is 6.61 Å². The van der Waals surface area contributed by atoms with E-state index in [1.54, 1.807) is 13.0 Å². The van der Waals surface area contributed by atoms with Gasteiger partial charge in [-0.05, 0) is 49.8 Å². The molecule has 0 aliphatic heterocycles. The van der Waals surface area contributed by atoms with Crippen LogP contribution in [0.15, 0.2) is 18.2 Å². The normalized spacial score (nSPS) is 18.7. The smallest absolute Gasteiger partial charge is 0.126 e. The van der Waals surface area contributed by atoms with E-state index in [0.29, 0.717) is 18.1 Å². The van der Waals surface area contributed by atoms with Crippen LogP contribution in [0.4, 0.5) is 4.39 Å². The summed E-state index contributed by atoms with van der Waals surface area (Å²) in [6.45, 7) is 4.41. The molecule has 1 aliphatic rings. The fourth-order valence-corrected chi connectivity index (χ4v) is 2.36. The largest absolute Gasteiger partial charge is 0.376 e. The molecule has 1 aromatic rings. The Morgan fingerprint density at radius 1 is 1.50 bits per heavy atom. The number of ether oxygens (including phenoxy) is 1. The van der Waals surface area contributed by atoms with Gasteiger partial charge in [0.25, 0.3) is 0 Å². The summed E-state index contributed by atoms with van der Waals surface area (Å²) in [6, 6.07) is 5.04. The molecular formula is C14H21FN2O. The molecule has 4 heteroatoms. The third-order valence-electron chi connectivity index (χ3n) is 3.49. The lowest BCUT2D eigenvalue weighted by Gasteiger charge is -2.27. The second-order valence-electron chi connectivity index (χ2n) is 4.91. The first-order valence-corrected chi connectivity index (χ1v) is 6.51. The fourth-order valence-electron chi connectivity index (χ4n) is 2.36. The summed E-state index contributed by atoms with van der Waals surface area (Å²) >= 11 is 0. The number of benzene rings is 1. The van der Waals surface area contributed by atoms with Crippen LogP contribution in [0.5, 0.6) is 0 Å². The zero-order chi connectivity index (χ0) is 13.1. The molecule has 0 heterocycles. The van der Waals surface area contributed by atoms with Gasteiger partial charge < -0.3 is 4.74 Å². The van der Waals surface area contributed by atoms with Gasteiger partial charge in [0.2, 0.25) is 0 Å². The molecule has 18 heavy (non-hydrogen) atoms. The van der Waals surface area contributed by atoms with Gasteiger partial charge in [-0.3, -0.25) is 11.3 Å². The minimum atomic E-state index is -0.186. The average molecular weight is 252 g/mol. The summed E-state index contributed by atoms with van der Waals surface area (Å²) in [6.07, 6.45) is 2.44. The number of halogens is 1. The maximum Gasteiger partial charge on any atom is 0.126 e. The predicted molar refractivity (Wildman–Crippen MR) is 69.3 cm³/mol. The Labute approximate surface area is 107 Å². The summed E-state index contributed by atoms with van der Waals surface area (Å²) in [4.78, 5) is 0. The Morgan fingerprint density at radius 3 is 2.72 bits per heavy atom. The van der Waals surface area contributed by atoms with Crippen molar-refractivity contribution in [2.45, 2.75) is 38.8 Å². The van der Waals surface area contributed by atoms with Crippen LogP contribution in [0, 0.1) is 18.7 Å². The molecule has 2 unspecified atom stereocenters. The number of aryl methyl sites for hydroxylation is 1. The average Bonchev–Trinajstić information content (AvgIpc) is 3.17. The molecule has 0 bridgehead atoms. The number of hydrogen-bond acceptors (Lipinski definition) is 3. The fraction of sp³-hybridized carbons (Fsp3) is 0.571. The van der Waals surface area contributed by atoms with Crippen molar-refractivity contribution in [3.05, 3.63) is 35.1 Å². The lowest BCUT2D eigenvalue weighted by atomic mass is 9.97. The summed E-state index contributed by atoms with van der Waals surface area (Å²) in [5, 5.41) is 0. The van der Waals surface area contributed by atoms with E-state index in [-0.39, 0.29) is 18.0 Å². The van der Waals surface area contributed by atoms with Crippen LogP contribution in [0.3, 0.4) is 0 Å². The first-order valence-electron chi connectivity index (χ1n) is 6.51. The summed E-state index contributed by atoms with van der Waals surface area (Å²) < 4.78 is 19.1. The van der Waals surface area contributed by atoms with Crippen molar-refractivity contribution in [1.82, 2.24) is 5.43 Å². The first-order chi connectivity index (χ1) is 8.67. The molecule has 1 saturated carbocycles. The van der Waals surface area contributed by atoms with Gasteiger partial charge in [0.15, 0.2) is 0 Å². The van der Waals surface area contributed by atoms with Crippen LogP contribution in [0.2, 0.25) is 0 Å². The third kappa shape index (κ3) is 2.88. The molecule has 0 radical (unpaired) electrons. The topological polar surface area (TPSA) is 47.3 Å². The lowest BCUT2D eigenvalue weighted by Crippen LogP contribution is -2.39. The van der Waals surface area contributed by atoms with E-state index >= 15 is 0 Å². The van der Waals surface area contributed by atoms with Crippen LogP contribution in [-0.4, -0.2) is 12.7 Å². The molecule has 2 rings (SSSR count). The predicted octanol–water partition coefficient (Wildman–Crippen LogP) is 2.45. The van der Waals surface area contributed by atoms with Crippen molar-refractivity contribution < 1.29 is 9.13 Å². The van der Waals surface area contributed by atoms with Gasteiger partial charge >= 0.3 is 0 Å². The number of nitrogens with two attached hydrogens (primary N) is 1. The van der Waals surface area contributed by atoms with Gasteiger partial charge in [-0.2, -0.15) is 0 Å². The van der Waals surface area contributed by atoms with E-state index in [2.05, 4.69) is 5.43 Å². The van der Waals surface area contributed by atoms with Gasteiger partial charge in [-0.1, -0.05) is 12.1 Å². The molecule has 1 aromatic carbocycles. The molecule has 1 aliphatic carbocycles. The molecule has 0 spiro atoms. The summed E-state index contributed by atoms with van der Waals surface area (Å²) in [5.41, 5.74) is 4.45. The maximum atomic E-state index is 13.3. The lowest BCUT2D eigenvalue weighted by molar-refractivity contribution is 0.0185. The molecule has 3 nitrogen and oxygen atoms in total. The van der Waals surface area contributed by atoms with Crippen molar-refractivity contribution in [1.29, 1.82) is 0 Å². The quantitative estimate of drug-likeness (QED) is 0.604. The summed E-state index contributed by atoms with van der Waals surface area (Å²) in [5.74, 6) is 6.05. The zero-order valence-corrected chi connectivity index (χ0v) is 10.9. The number of nitrogens with one attached hydrogen (secondary N) is 1. The Kier molecular flexibility index (Phi) is 4.32. The van der Waals surface area contributed by atoms with Crippen molar-refractivity contribution in [2.24, 2.45) is 11.8 Å². The highest BCUT2D eigenvalue weighted by Crippen LogP contribution is 2.40. The van der Waals surface area contributed by atoms with Crippen LogP contribution in [0.1, 0.15) is 36.9 Å². The molecule has 0 amide bonds. The molecular weight excluding hydrogens is 231 g/mol. The van der Waals surface area contributed by atoms with Crippen LogP contribution in [-0.2, 0) is 4.74 Å². The SMILES string of the molecule is CCOC(C1CC1)C(NN)c1ccc(F)c(C)c1. The van der Waals surface area contributed by atoms with Crippen molar-refractivity contribution in [3.63, 3.8) is 0 Å². The van der Waals surface area contributed by atoms with Crippen molar-refractivity contribution >= 4 is 0 Å². The highest BCUT2D eigenvalue weighted by Gasteiger charge is 2.37. The second kappa shape index (κ2) is 5.78. The van der Waals surface area contributed by atoms with E-state index in [1.807, 2.05) is 13.0 Å². The maximum absolute atomic E-state index is 13.3. The van der Waals surface area contributed by atoms with Gasteiger partial charge in [0, 0.05) is 6.61 Å². The molecule has 0 saturated heterocycles. The third-order valence-corrected chi connectivity index (χ3v) is 3.49. The Balaban J connectivity index is 2.22. The monoisotopic (exact) mass is 252 g/mol. The molecule has 2 atom stereocenters. The van der Waals surface area contributed by atoms with Crippen molar-refractivity contribution in [3.8, 4) is 0 Å². The minimum Gasteiger partial charge on any atom is -0.376 e. The summed E-state index contributed by atoms with van der Waals surface area (Å²) in [7, 11) is 0. The van der Waals surface area contributed by atoms with Gasteiger partial charge in [0.05, 0.1) is 12.1 Å². The Bertz CT molecular complexity index is 407. The van der Waals surface area contributed by atoms with Crippen LogP contribution in [0.25, 0.3) is 0 Å². The number of hydrazine groups is 1. The Morgan fingerprint density at radius 2 is 2.22 bits per heavy atom. The molecule has 1 fully saturated rings. The minimum absolute atomic E-state index is 0.0725. The van der Waals surface area contributed by atoms with Crippen LogP contribution >= 0.6 is 0 Å². The van der Waals surface area contributed by atoms with Gasteiger partial charge in [0.1, 0.15) is 5.82 Å². The van der Waals surface area contributed by atoms with E-state index < -0.39 is 0 Å². The molecule has 100 valence electrons. The van der Waals surface area contributed by atoms with Gasteiger partial charge in [-0.15, -0.1) is 0 Å². The zero-order valence-electron chi connectivity index (χ0n) is 10.9. The van der Waals surface area contributed by atoms with E-state index in [4.69, 9.17) is 10.6 Å². The second-order valence-corrected chi connectivity index (χ2v) is 4.91. The standard InChI is InChI=1S/C14H21FN2O/c1-3-18-14(10-4-5-10)13(17-16)11-6-7-12(15)9(2)8-11/h6-8,10,13-14,17H,3-5,16H2,1-2H3. The number of hydrogen-bond donors (Lipinski definition) is 2. The van der Waals surface area contributed by atoms with E-state index in [1.165, 1.54) is 18.9 Å². The van der Waals surface area contributed by atoms with Crippen LogP contribution < -0.4 is 11.3 Å². The van der Waals surface area contributed by atoms with E-state index in [9.17, 15) is 4.39 Å².